The van der Waals surface area contributed by atoms with Crippen LogP contribution >= 0.6 is 0 Å². The highest BCUT2D eigenvalue weighted by Gasteiger charge is 2.19. The number of alkyl halides is 2. The maximum absolute atomic E-state index is 12.4. The number of carbonyl (C=O) groups is 1. The molecule has 0 unspecified atom stereocenters. The van der Waals surface area contributed by atoms with E-state index in [1.54, 1.807) is 30.5 Å². The number of nitrogens with one attached hydrogen (secondary N) is 2. The Bertz CT molecular complexity index is 681. The molecule has 1 aromatic heterocycles. The zero-order valence-corrected chi connectivity index (χ0v) is 14.1. The lowest BCUT2D eigenvalue weighted by Crippen LogP contribution is -2.39. The molecule has 2 rings (SSSR count). The summed E-state index contributed by atoms with van der Waals surface area (Å²) in [5.74, 6) is 0.179. The van der Waals surface area contributed by atoms with E-state index in [2.05, 4.69) is 20.4 Å². The average Bonchev–Trinajstić information content (AvgIpc) is 2.59. The first-order valence-corrected chi connectivity index (χ1v) is 7.95. The van der Waals surface area contributed by atoms with Crippen molar-refractivity contribution < 1.29 is 18.3 Å². The molecule has 0 fully saturated rings. The minimum atomic E-state index is -2.91. The highest BCUT2D eigenvalue weighted by molar-refractivity contribution is 5.74. The van der Waals surface area contributed by atoms with E-state index in [0.29, 0.717) is 5.56 Å². The quantitative estimate of drug-likeness (QED) is 0.797. The Labute approximate surface area is 145 Å². The van der Waals surface area contributed by atoms with Crippen molar-refractivity contribution in [2.75, 3.05) is 0 Å². The Morgan fingerprint density at radius 1 is 1.16 bits per heavy atom. The first-order chi connectivity index (χ1) is 12.0. The van der Waals surface area contributed by atoms with Crippen LogP contribution in [0.4, 0.5) is 13.6 Å². The Kier molecular flexibility index (Phi) is 6.68. The van der Waals surface area contributed by atoms with E-state index in [9.17, 15) is 13.6 Å². The van der Waals surface area contributed by atoms with E-state index in [4.69, 9.17) is 0 Å². The minimum absolute atomic E-state index is 0.0444. The predicted molar refractivity (Wildman–Crippen MR) is 90.3 cm³/mol. The smallest absolute Gasteiger partial charge is 0.387 e. The van der Waals surface area contributed by atoms with Crippen LogP contribution in [0.3, 0.4) is 0 Å². The molecule has 1 aromatic carbocycles. The van der Waals surface area contributed by atoms with Gasteiger partial charge in [0.05, 0.1) is 11.7 Å². The van der Waals surface area contributed by atoms with Crippen LogP contribution in [-0.4, -0.2) is 17.6 Å². The Hall–Kier alpha value is -2.70. The van der Waals surface area contributed by atoms with Gasteiger partial charge in [0, 0.05) is 18.3 Å². The van der Waals surface area contributed by atoms with E-state index in [1.165, 1.54) is 6.07 Å². The van der Waals surface area contributed by atoms with Crippen molar-refractivity contribution >= 4 is 6.03 Å². The number of aromatic nitrogens is 1. The first kappa shape index (κ1) is 18.6. The molecule has 0 saturated heterocycles. The normalized spacial score (nSPS) is 12.1. The fraction of sp³-hybridized carbons (Fsp3) is 0.333. The number of nitrogens with zero attached hydrogens (tertiary/aromatic N) is 1. The number of rotatable bonds is 7. The van der Waals surface area contributed by atoms with E-state index in [-0.39, 0.29) is 24.3 Å². The lowest BCUT2D eigenvalue weighted by atomic mass is 10.0. The topological polar surface area (TPSA) is 63.2 Å². The van der Waals surface area contributed by atoms with Crippen LogP contribution in [0.2, 0.25) is 0 Å². The molecule has 2 N–H and O–H groups in total. The highest BCUT2D eigenvalue weighted by atomic mass is 19.3. The fourth-order valence-electron chi connectivity index (χ4n) is 2.37. The van der Waals surface area contributed by atoms with Crippen LogP contribution in [0.25, 0.3) is 0 Å². The molecule has 5 nitrogen and oxygen atoms in total. The van der Waals surface area contributed by atoms with Gasteiger partial charge >= 0.3 is 12.6 Å². The molecule has 0 saturated carbocycles. The van der Waals surface area contributed by atoms with Gasteiger partial charge in [0.1, 0.15) is 5.75 Å². The third-order valence-corrected chi connectivity index (χ3v) is 3.59. The number of benzene rings is 1. The van der Waals surface area contributed by atoms with Crippen LogP contribution in [0, 0.1) is 5.92 Å². The summed E-state index contributed by atoms with van der Waals surface area (Å²) in [7, 11) is 0. The second kappa shape index (κ2) is 8.96. The highest BCUT2D eigenvalue weighted by Crippen LogP contribution is 2.21. The van der Waals surface area contributed by atoms with Gasteiger partial charge in [-0.25, -0.2) is 4.79 Å². The summed E-state index contributed by atoms with van der Waals surface area (Å²) in [5, 5.41) is 5.53. The van der Waals surface area contributed by atoms with Gasteiger partial charge in [0.15, 0.2) is 0 Å². The summed E-state index contributed by atoms with van der Waals surface area (Å²) in [6.07, 6.45) is 1.67. The van der Waals surface area contributed by atoms with Gasteiger partial charge < -0.3 is 15.4 Å². The monoisotopic (exact) mass is 349 g/mol. The van der Waals surface area contributed by atoms with Gasteiger partial charge in [-0.15, -0.1) is 0 Å². The summed E-state index contributed by atoms with van der Waals surface area (Å²) in [4.78, 5) is 16.5. The van der Waals surface area contributed by atoms with Gasteiger partial charge in [0.2, 0.25) is 0 Å². The first-order valence-electron chi connectivity index (χ1n) is 7.95. The van der Waals surface area contributed by atoms with Crippen LogP contribution in [0.15, 0.2) is 48.7 Å². The number of hydrogen-bond acceptors (Lipinski definition) is 3. The standard InChI is InChI=1S/C18H21F2N3O2/c1-12(2)16(14-8-5-6-10-21-14)23-18(24)22-11-13-7-3-4-9-15(13)25-17(19)20/h3-10,12,16-17H,11H2,1-2H3,(H2,22,23,24)/t16-/m1/s1. The van der Waals surface area contributed by atoms with Gasteiger partial charge in [-0.3, -0.25) is 4.98 Å². The van der Waals surface area contributed by atoms with Crippen LogP contribution in [0.5, 0.6) is 5.75 Å². The number of urea groups is 1. The molecular weight excluding hydrogens is 328 g/mol. The van der Waals surface area contributed by atoms with Gasteiger partial charge in [-0.05, 0) is 24.1 Å². The van der Waals surface area contributed by atoms with E-state index in [0.717, 1.165) is 5.69 Å². The third-order valence-electron chi connectivity index (χ3n) is 3.59. The fourth-order valence-corrected chi connectivity index (χ4v) is 2.37. The lowest BCUT2D eigenvalue weighted by molar-refractivity contribution is -0.0504. The largest absolute Gasteiger partial charge is 0.434 e. The molecule has 2 aromatic rings. The zero-order chi connectivity index (χ0) is 18.2. The third kappa shape index (κ3) is 5.70. The number of pyridine rings is 1. The summed E-state index contributed by atoms with van der Waals surface area (Å²) < 4.78 is 29.3. The summed E-state index contributed by atoms with van der Waals surface area (Å²) in [5.41, 5.74) is 1.23. The summed E-state index contributed by atoms with van der Waals surface area (Å²) >= 11 is 0. The molecule has 1 atom stereocenters. The van der Waals surface area contributed by atoms with E-state index in [1.807, 2.05) is 26.0 Å². The number of amides is 2. The number of hydrogen-bond donors (Lipinski definition) is 2. The second-order valence-electron chi connectivity index (χ2n) is 5.79. The SMILES string of the molecule is CC(C)[C@@H](NC(=O)NCc1ccccc1OC(F)F)c1ccccn1. The number of para-hydroxylation sites is 1. The van der Waals surface area contributed by atoms with Gasteiger partial charge in [-0.2, -0.15) is 8.78 Å². The van der Waals surface area contributed by atoms with Crippen LogP contribution in [-0.2, 0) is 6.54 Å². The maximum Gasteiger partial charge on any atom is 0.387 e. The Morgan fingerprint density at radius 2 is 1.88 bits per heavy atom. The minimum Gasteiger partial charge on any atom is -0.434 e. The number of ether oxygens (including phenoxy) is 1. The van der Waals surface area contributed by atoms with E-state index >= 15 is 0 Å². The Morgan fingerprint density at radius 3 is 2.52 bits per heavy atom. The number of carbonyl (C=O) groups excluding carboxylic acids is 1. The Balaban J connectivity index is 1.98. The summed E-state index contributed by atoms with van der Waals surface area (Å²) in [6.45, 7) is 1.11. The lowest BCUT2D eigenvalue weighted by Gasteiger charge is -2.22. The molecule has 1 heterocycles. The molecule has 25 heavy (non-hydrogen) atoms. The molecule has 0 radical (unpaired) electrons. The second-order valence-corrected chi connectivity index (χ2v) is 5.79. The van der Waals surface area contributed by atoms with Gasteiger partial charge in [-0.1, -0.05) is 38.1 Å². The molecule has 0 aliphatic heterocycles. The van der Waals surface area contributed by atoms with Crippen molar-refractivity contribution in [1.29, 1.82) is 0 Å². The van der Waals surface area contributed by atoms with Crippen LogP contribution in [0.1, 0.15) is 31.1 Å². The zero-order valence-electron chi connectivity index (χ0n) is 14.1. The van der Waals surface area contributed by atoms with Crippen molar-refractivity contribution in [3.8, 4) is 5.75 Å². The van der Waals surface area contributed by atoms with Crippen molar-refractivity contribution in [2.45, 2.75) is 33.0 Å². The molecule has 0 aliphatic rings. The molecule has 0 bridgehead atoms. The molecular formula is C18H21F2N3O2. The van der Waals surface area contributed by atoms with Crippen molar-refractivity contribution in [3.63, 3.8) is 0 Å². The van der Waals surface area contributed by atoms with Crippen molar-refractivity contribution in [3.05, 3.63) is 59.9 Å². The van der Waals surface area contributed by atoms with Crippen molar-refractivity contribution in [1.82, 2.24) is 15.6 Å². The number of halogens is 2. The summed E-state index contributed by atoms with van der Waals surface area (Å²) in [6, 6.07) is 11.2. The van der Waals surface area contributed by atoms with E-state index < -0.39 is 12.6 Å². The van der Waals surface area contributed by atoms with Crippen molar-refractivity contribution in [2.24, 2.45) is 5.92 Å². The average molecular weight is 349 g/mol. The molecule has 0 aliphatic carbocycles. The molecule has 134 valence electrons. The van der Waals surface area contributed by atoms with Gasteiger partial charge in [0.25, 0.3) is 0 Å². The predicted octanol–water partition coefficient (Wildman–Crippen LogP) is 3.88. The molecule has 0 spiro atoms. The molecule has 7 heteroatoms. The maximum atomic E-state index is 12.4. The van der Waals surface area contributed by atoms with Crippen LogP contribution < -0.4 is 15.4 Å². The molecule has 2 amide bonds.